The number of aryl methyl sites for hydroxylation is 2. The minimum Gasteiger partial charge on any atom is -0.466 e. The van der Waals surface area contributed by atoms with E-state index in [2.05, 4.69) is 29.5 Å². The van der Waals surface area contributed by atoms with E-state index in [0.717, 1.165) is 49.0 Å². The summed E-state index contributed by atoms with van der Waals surface area (Å²) >= 11 is 0. The molecule has 1 aromatic heterocycles. The molecular weight excluding hydrogens is 433 g/mol. The minimum absolute atomic E-state index is 0. The van der Waals surface area contributed by atoms with Crippen molar-refractivity contribution in [2.75, 3.05) is 39.5 Å². The van der Waals surface area contributed by atoms with Crippen molar-refractivity contribution in [1.82, 2.24) is 10.6 Å². The van der Waals surface area contributed by atoms with Gasteiger partial charge in [0.05, 0.1) is 26.4 Å². The molecule has 0 unspecified atom stereocenters. The number of aliphatic imine (C=N–C) groups is 1. The van der Waals surface area contributed by atoms with E-state index in [4.69, 9.17) is 13.9 Å². The predicted octanol–water partition coefficient (Wildman–Crippen LogP) is 3.40. The van der Waals surface area contributed by atoms with Gasteiger partial charge >= 0.3 is 0 Å². The summed E-state index contributed by atoms with van der Waals surface area (Å²) in [5, 5.41) is 6.50. The van der Waals surface area contributed by atoms with Crippen molar-refractivity contribution in [3.63, 3.8) is 0 Å². The number of guanidine groups is 1. The van der Waals surface area contributed by atoms with Crippen molar-refractivity contribution in [3.05, 3.63) is 23.2 Å². The molecule has 0 atom stereocenters. The van der Waals surface area contributed by atoms with E-state index in [-0.39, 0.29) is 24.0 Å². The third-order valence-corrected chi connectivity index (χ3v) is 3.45. The van der Waals surface area contributed by atoms with E-state index in [1.54, 1.807) is 0 Å². The molecule has 0 saturated heterocycles. The van der Waals surface area contributed by atoms with Crippen LogP contribution in [-0.4, -0.2) is 45.5 Å². The van der Waals surface area contributed by atoms with Gasteiger partial charge in [0.25, 0.3) is 0 Å². The van der Waals surface area contributed by atoms with Gasteiger partial charge in [0, 0.05) is 25.3 Å². The van der Waals surface area contributed by atoms with E-state index >= 15 is 0 Å². The molecule has 0 saturated carbocycles. The third-order valence-electron chi connectivity index (χ3n) is 3.45. The second-order valence-electron chi connectivity index (χ2n) is 5.64. The normalized spacial score (nSPS) is 11.3. The Morgan fingerprint density at radius 1 is 1.08 bits per heavy atom. The fraction of sp³-hybridized carbons (Fsp3) is 0.722. The van der Waals surface area contributed by atoms with Crippen LogP contribution in [0.2, 0.25) is 0 Å². The average molecular weight is 467 g/mol. The minimum atomic E-state index is 0. The van der Waals surface area contributed by atoms with Crippen LogP contribution in [0.3, 0.4) is 0 Å². The number of ether oxygens (including phenoxy) is 2. The summed E-state index contributed by atoms with van der Waals surface area (Å²) in [5.74, 6) is 2.64. The molecule has 1 heterocycles. The first kappa shape index (κ1) is 24.2. The van der Waals surface area contributed by atoms with E-state index < -0.39 is 0 Å². The summed E-state index contributed by atoms with van der Waals surface area (Å²) in [6.07, 6.45) is 2.27. The highest BCUT2D eigenvalue weighted by atomic mass is 127. The van der Waals surface area contributed by atoms with Crippen molar-refractivity contribution in [2.24, 2.45) is 4.99 Å². The first-order valence-corrected chi connectivity index (χ1v) is 8.91. The van der Waals surface area contributed by atoms with E-state index in [0.29, 0.717) is 32.9 Å². The maximum Gasteiger partial charge on any atom is 0.191 e. The van der Waals surface area contributed by atoms with E-state index in [9.17, 15) is 0 Å². The Morgan fingerprint density at radius 3 is 2.40 bits per heavy atom. The molecule has 6 nitrogen and oxygen atoms in total. The van der Waals surface area contributed by atoms with Crippen LogP contribution in [0, 0.1) is 13.8 Å². The Hall–Kier alpha value is -0.800. The van der Waals surface area contributed by atoms with Gasteiger partial charge in [-0.15, -0.1) is 24.0 Å². The van der Waals surface area contributed by atoms with Crippen molar-refractivity contribution in [2.45, 2.75) is 47.1 Å². The van der Waals surface area contributed by atoms with Crippen LogP contribution in [0.15, 0.2) is 15.5 Å². The maximum atomic E-state index is 5.54. The number of furan rings is 1. The van der Waals surface area contributed by atoms with Crippen LogP contribution in [0.4, 0.5) is 0 Å². The van der Waals surface area contributed by atoms with Gasteiger partial charge in [-0.2, -0.15) is 0 Å². The van der Waals surface area contributed by atoms with Crippen molar-refractivity contribution < 1.29 is 13.9 Å². The average Bonchev–Trinajstić information content (AvgIpc) is 2.88. The molecule has 0 bridgehead atoms. The second-order valence-corrected chi connectivity index (χ2v) is 5.64. The Bertz CT molecular complexity index is 478. The van der Waals surface area contributed by atoms with Crippen LogP contribution < -0.4 is 10.6 Å². The molecule has 0 amide bonds. The van der Waals surface area contributed by atoms with Crippen LogP contribution in [0.5, 0.6) is 0 Å². The van der Waals surface area contributed by atoms with Crippen LogP contribution in [0.25, 0.3) is 0 Å². The van der Waals surface area contributed by atoms with Crippen molar-refractivity contribution in [1.29, 1.82) is 0 Å². The fourth-order valence-corrected chi connectivity index (χ4v) is 2.16. The first-order chi connectivity index (χ1) is 11.7. The zero-order valence-electron chi connectivity index (χ0n) is 16.0. The molecular formula is C18H34IN3O3. The first-order valence-electron chi connectivity index (χ1n) is 8.91. The second kappa shape index (κ2) is 15.5. The fourth-order valence-electron chi connectivity index (χ4n) is 2.16. The molecule has 1 aromatic rings. The molecule has 0 aromatic carbocycles. The molecule has 0 aliphatic rings. The Labute approximate surface area is 169 Å². The molecule has 0 spiro atoms. The summed E-state index contributed by atoms with van der Waals surface area (Å²) < 4.78 is 16.5. The summed E-state index contributed by atoms with van der Waals surface area (Å²) in [4.78, 5) is 4.58. The van der Waals surface area contributed by atoms with Crippen LogP contribution >= 0.6 is 24.0 Å². The maximum absolute atomic E-state index is 5.54. The van der Waals surface area contributed by atoms with Gasteiger partial charge in [0.15, 0.2) is 5.96 Å². The van der Waals surface area contributed by atoms with Gasteiger partial charge in [-0.3, -0.25) is 0 Å². The van der Waals surface area contributed by atoms with Crippen molar-refractivity contribution >= 4 is 29.9 Å². The van der Waals surface area contributed by atoms with Gasteiger partial charge in [-0.25, -0.2) is 4.99 Å². The lowest BCUT2D eigenvalue weighted by atomic mass is 10.2. The summed E-state index contributed by atoms with van der Waals surface area (Å²) in [5.41, 5.74) is 1.12. The highest BCUT2D eigenvalue weighted by molar-refractivity contribution is 14.0. The van der Waals surface area contributed by atoms with Gasteiger partial charge in [0.2, 0.25) is 0 Å². The lowest BCUT2D eigenvalue weighted by molar-refractivity contribution is 0.0487. The molecule has 7 heteroatoms. The predicted molar refractivity (Wildman–Crippen MR) is 113 cm³/mol. The Balaban J connectivity index is 0.00000576. The highest BCUT2D eigenvalue weighted by Gasteiger charge is 2.04. The summed E-state index contributed by atoms with van der Waals surface area (Å²) in [6, 6.07) is 2.03. The smallest absolute Gasteiger partial charge is 0.191 e. The summed E-state index contributed by atoms with van der Waals surface area (Å²) in [6.45, 7) is 13.0. The number of halogens is 1. The quantitative estimate of drug-likeness (QED) is 0.214. The Morgan fingerprint density at radius 2 is 1.80 bits per heavy atom. The molecule has 0 aliphatic carbocycles. The standard InChI is InChI=1S/C18H33N3O3.HI/c1-5-7-9-22-11-12-23-10-8-20-18(19-6-2)21-14-17-13-15(3)24-16(17)4;/h13H,5-12,14H2,1-4H3,(H2,19,20,21);1H. The number of rotatable bonds is 12. The number of nitrogens with one attached hydrogen (secondary N) is 2. The SMILES string of the molecule is CCCCOCCOCCNC(=NCc1cc(C)oc1C)NCC.I. The lowest BCUT2D eigenvalue weighted by Crippen LogP contribution is -2.39. The van der Waals surface area contributed by atoms with Crippen LogP contribution in [-0.2, 0) is 16.0 Å². The van der Waals surface area contributed by atoms with Crippen molar-refractivity contribution in [3.8, 4) is 0 Å². The number of unbranched alkanes of at least 4 members (excludes halogenated alkanes) is 1. The molecule has 146 valence electrons. The molecule has 25 heavy (non-hydrogen) atoms. The Kier molecular flexibility index (Phi) is 15.0. The highest BCUT2D eigenvalue weighted by Crippen LogP contribution is 2.14. The number of hydrogen-bond donors (Lipinski definition) is 2. The zero-order chi connectivity index (χ0) is 17.6. The number of nitrogens with zero attached hydrogens (tertiary/aromatic N) is 1. The molecule has 0 aliphatic heterocycles. The van der Waals surface area contributed by atoms with Crippen LogP contribution in [0.1, 0.15) is 43.8 Å². The van der Waals surface area contributed by atoms with E-state index in [1.807, 2.05) is 19.9 Å². The molecule has 1 rings (SSSR count). The largest absolute Gasteiger partial charge is 0.466 e. The monoisotopic (exact) mass is 467 g/mol. The van der Waals surface area contributed by atoms with Gasteiger partial charge in [0.1, 0.15) is 11.5 Å². The topological polar surface area (TPSA) is 68.0 Å². The zero-order valence-corrected chi connectivity index (χ0v) is 18.4. The number of hydrogen-bond acceptors (Lipinski definition) is 4. The lowest BCUT2D eigenvalue weighted by Gasteiger charge is -2.11. The molecule has 0 radical (unpaired) electrons. The third kappa shape index (κ3) is 11.4. The summed E-state index contributed by atoms with van der Waals surface area (Å²) in [7, 11) is 0. The van der Waals surface area contributed by atoms with Gasteiger partial charge in [-0.05, 0) is 33.3 Å². The van der Waals surface area contributed by atoms with Gasteiger partial charge < -0.3 is 24.5 Å². The molecule has 0 fully saturated rings. The molecule has 2 N–H and O–H groups in total. The van der Waals surface area contributed by atoms with Gasteiger partial charge in [-0.1, -0.05) is 13.3 Å². The van der Waals surface area contributed by atoms with E-state index in [1.165, 1.54) is 0 Å².